The highest BCUT2D eigenvalue weighted by atomic mass is 19.4. The molecule has 9 nitrogen and oxygen atoms in total. The molecule has 3 heterocycles. The summed E-state index contributed by atoms with van der Waals surface area (Å²) in [5, 5.41) is 10.3. The van der Waals surface area contributed by atoms with Gasteiger partial charge in [0.25, 0.3) is 0 Å². The number of aryl methyl sites for hydroxylation is 1. The third-order valence-electron chi connectivity index (χ3n) is 4.80. The van der Waals surface area contributed by atoms with E-state index in [1.807, 2.05) is 19.1 Å². The first kappa shape index (κ1) is 19.2. The minimum absolute atomic E-state index is 0.000380. The van der Waals surface area contributed by atoms with E-state index in [0.29, 0.717) is 16.9 Å². The van der Waals surface area contributed by atoms with Crippen molar-refractivity contribution in [2.24, 2.45) is 0 Å². The zero-order valence-electron chi connectivity index (χ0n) is 15.5. The van der Waals surface area contributed by atoms with Gasteiger partial charge in [-0.25, -0.2) is 4.79 Å². The molecule has 0 amide bonds. The van der Waals surface area contributed by atoms with E-state index in [4.69, 9.17) is 4.74 Å². The Labute approximate surface area is 161 Å². The highest BCUT2D eigenvalue weighted by molar-refractivity contribution is 5.80. The van der Waals surface area contributed by atoms with Crippen LogP contribution in [0.3, 0.4) is 0 Å². The van der Waals surface area contributed by atoms with Crippen LogP contribution in [0.4, 0.5) is 18.9 Å². The molecule has 0 radical (unpaired) electrons. The predicted octanol–water partition coefficient (Wildman–Crippen LogP) is 0.875. The van der Waals surface area contributed by atoms with Gasteiger partial charge in [-0.1, -0.05) is 0 Å². The molecule has 1 fully saturated rings. The minimum Gasteiger partial charge on any atom is -0.484 e. The Morgan fingerprint density at radius 2 is 2.10 bits per heavy atom. The fraction of sp³-hybridized carbons (Fsp3) is 0.412. The molecule has 2 aromatic rings. The van der Waals surface area contributed by atoms with Crippen molar-refractivity contribution in [3.05, 3.63) is 34.0 Å². The third kappa shape index (κ3) is 3.39. The van der Waals surface area contributed by atoms with E-state index in [2.05, 4.69) is 20.6 Å². The van der Waals surface area contributed by atoms with E-state index in [0.717, 1.165) is 24.3 Å². The molecule has 0 atom stereocenters. The Bertz CT molecular complexity index is 1060. The number of benzene rings is 1. The number of fused-ring (bicyclic) bond motifs is 3. The molecule has 4 rings (SSSR count). The van der Waals surface area contributed by atoms with Crippen molar-refractivity contribution in [2.75, 3.05) is 18.4 Å². The molecule has 1 aromatic heterocycles. The molecule has 0 unspecified atom stereocenters. The second-order valence-corrected chi connectivity index (χ2v) is 6.86. The fourth-order valence-electron chi connectivity index (χ4n) is 3.17. The van der Waals surface area contributed by atoms with Crippen LogP contribution in [0.25, 0.3) is 11.1 Å². The Balaban J connectivity index is 1.76. The Hall–Kier alpha value is -3.15. The quantitative estimate of drug-likeness (QED) is 0.722. The molecular weight excluding hydrogens is 395 g/mol. The number of anilines is 1. The van der Waals surface area contributed by atoms with Gasteiger partial charge in [-0.2, -0.15) is 13.2 Å². The largest absolute Gasteiger partial charge is 0.493 e. The van der Waals surface area contributed by atoms with Crippen LogP contribution in [-0.4, -0.2) is 41.3 Å². The van der Waals surface area contributed by atoms with E-state index < -0.39 is 12.1 Å². The van der Waals surface area contributed by atoms with E-state index in [-0.39, 0.29) is 33.5 Å². The molecule has 2 aliphatic rings. The van der Waals surface area contributed by atoms with Gasteiger partial charge in [0.15, 0.2) is 12.3 Å². The number of aromatic nitrogens is 3. The molecular formula is C17H17F3N5O4+. The molecule has 0 spiro atoms. The van der Waals surface area contributed by atoms with Crippen LogP contribution in [0.2, 0.25) is 0 Å². The van der Waals surface area contributed by atoms with E-state index in [1.54, 1.807) is 0 Å². The Kier molecular flexibility index (Phi) is 4.45. The fourth-order valence-corrected chi connectivity index (χ4v) is 3.17. The Morgan fingerprint density at radius 3 is 2.72 bits per heavy atom. The molecule has 1 aromatic carbocycles. The molecule has 12 heteroatoms. The van der Waals surface area contributed by atoms with Crippen molar-refractivity contribution < 1.29 is 32.1 Å². The number of halogens is 3. The second-order valence-electron chi connectivity index (χ2n) is 6.86. The number of nitrogens with zero attached hydrogens (tertiary/aromatic N) is 3. The maximum atomic E-state index is 12.5. The molecule has 29 heavy (non-hydrogen) atoms. The van der Waals surface area contributed by atoms with Gasteiger partial charge in [-0.05, 0) is 29.5 Å². The maximum absolute atomic E-state index is 12.5. The molecule has 2 N–H and O–H groups in total. The van der Waals surface area contributed by atoms with Gasteiger partial charge in [-0.15, -0.1) is 0 Å². The number of ether oxygens (including phenoxy) is 1. The number of hydrogen-bond acceptors (Lipinski definition) is 7. The lowest BCUT2D eigenvalue weighted by molar-refractivity contribution is -0.646. The van der Waals surface area contributed by atoms with Crippen LogP contribution < -0.4 is 24.7 Å². The van der Waals surface area contributed by atoms with Crippen LogP contribution in [0.1, 0.15) is 17.0 Å². The minimum atomic E-state index is -5.26. The normalized spacial score (nSPS) is 15.6. The summed E-state index contributed by atoms with van der Waals surface area (Å²) in [6, 6.07) is 3.92. The lowest BCUT2D eigenvalue weighted by Crippen LogP contribution is -2.51. The van der Waals surface area contributed by atoms with Crippen LogP contribution >= 0.6 is 0 Å². The Morgan fingerprint density at radius 1 is 1.38 bits per heavy atom. The zero-order valence-corrected chi connectivity index (χ0v) is 15.5. The number of nitrogens with one attached hydrogen (secondary N) is 2. The number of carbonyl (C=O) groups is 1. The van der Waals surface area contributed by atoms with Crippen LogP contribution in [0.15, 0.2) is 12.1 Å². The lowest BCUT2D eigenvalue weighted by atomic mass is 9.96. The summed E-state index contributed by atoms with van der Waals surface area (Å²) in [4.78, 5) is 27.5. The molecule has 0 saturated carbocycles. The van der Waals surface area contributed by atoms with E-state index >= 15 is 0 Å². The van der Waals surface area contributed by atoms with Gasteiger partial charge in [0.1, 0.15) is 10.3 Å². The molecule has 154 valence electrons. The first-order valence-corrected chi connectivity index (χ1v) is 8.75. The van der Waals surface area contributed by atoms with Gasteiger partial charge in [-0.3, -0.25) is 4.84 Å². The first-order valence-electron chi connectivity index (χ1n) is 8.75. The molecule has 2 aliphatic heterocycles. The smallest absolute Gasteiger partial charge is 0.484 e. The number of alkyl halides is 3. The van der Waals surface area contributed by atoms with Crippen LogP contribution in [0, 0.1) is 18.8 Å². The number of hydrogen-bond donors (Lipinski definition) is 2. The number of carbonyl (C=O) groups excluding carboxylic acids is 1. The third-order valence-corrected chi connectivity index (χ3v) is 4.80. The predicted molar refractivity (Wildman–Crippen MR) is 92.8 cm³/mol. The summed E-state index contributed by atoms with van der Waals surface area (Å²) in [5.74, 6) is -2.02. The summed E-state index contributed by atoms with van der Waals surface area (Å²) < 4.78 is 43.0. The van der Waals surface area contributed by atoms with Crippen LogP contribution in [0.5, 0.6) is 5.75 Å². The summed E-state index contributed by atoms with van der Waals surface area (Å²) in [5.41, 5.74) is 3.01. The van der Waals surface area contributed by atoms with E-state index in [9.17, 15) is 22.9 Å². The van der Waals surface area contributed by atoms with Crippen molar-refractivity contribution in [3.8, 4) is 16.9 Å². The van der Waals surface area contributed by atoms with Gasteiger partial charge in [0, 0.05) is 31.3 Å². The summed E-state index contributed by atoms with van der Waals surface area (Å²) in [7, 11) is 0. The van der Waals surface area contributed by atoms with Crippen molar-refractivity contribution in [2.45, 2.75) is 32.7 Å². The van der Waals surface area contributed by atoms with Crippen LogP contribution in [-0.2, 0) is 11.4 Å². The molecule has 0 bridgehead atoms. The number of rotatable bonds is 3. The van der Waals surface area contributed by atoms with E-state index in [1.165, 1.54) is 6.92 Å². The average Bonchev–Trinajstić information content (AvgIpc) is 2.61. The van der Waals surface area contributed by atoms with Gasteiger partial charge < -0.3 is 15.4 Å². The summed E-state index contributed by atoms with van der Waals surface area (Å²) >= 11 is 0. The van der Waals surface area contributed by atoms with Gasteiger partial charge in [0.05, 0.1) is 16.7 Å². The topological polar surface area (TPSA) is 100 Å². The standard InChI is InChI=1S/C17H17F3N5O4/c1-8-3-14-11(4-12(8)22-10-5-21-6-10)15-9(2)24(27)25(23-13(15)7-28-14)29-16(26)17(18,19)20/h3-4,10,21-22H,5-7H2,1-2H3/q+1. The van der Waals surface area contributed by atoms with Crippen molar-refractivity contribution >= 4 is 11.7 Å². The van der Waals surface area contributed by atoms with Gasteiger partial charge in [0.2, 0.25) is 10.7 Å². The maximum Gasteiger partial charge on any atom is 0.493 e. The van der Waals surface area contributed by atoms with Crippen molar-refractivity contribution in [1.29, 1.82) is 0 Å². The van der Waals surface area contributed by atoms with Crippen molar-refractivity contribution in [1.82, 2.24) is 15.4 Å². The zero-order chi connectivity index (χ0) is 20.9. The van der Waals surface area contributed by atoms with Crippen molar-refractivity contribution in [3.63, 3.8) is 0 Å². The monoisotopic (exact) mass is 412 g/mol. The summed E-state index contributed by atoms with van der Waals surface area (Å²) in [6.45, 7) is 4.89. The highest BCUT2D eigenvalue weighted by Crippen LogP contribution is 2.40. The molecule has 0 aliphatic carbocycles. The second kappa shape index (κ2) is 6.72. The average molecular weight is 412 g/mol. The summed E-state index contributed by atoms with van der Waals surface area (Å²) in [6.07, 6.45) is -5.26. The molecule has 1 saturated heterocycles. The van der Waals surface area contributed by atoms with Gasteiger partial charge >= 0.3 is 12.1 Å². The SMILES string of the molecule is Cc1cc2c(cc1NC1CNC1)-c1c(nn(OC(=O)C(F)(F)F)[n+](=O)c1C)CO2. The lowest BCUT2D eigenvalue weighted by Gasteiger charge is -2.30. The first-order chi connectivity index (χ1) is 13.6. The highest BCUT2D eigenvalue weighted by Gasteiger charge is 2.44.